The molecule has 19 heavy (non-hydrogen) atoms. The first kappa shape index (κ1) is 18.0. The van der Waals surface area contributed by atoms with Crippen LogP contribution in [-0.2, 0) is 18.9 Å². The summed E-state index contributed by atoms with van der Waals surface area (Å²) >= 11 is 0. The topological polar surface area (TPSA) is 120 Å². The Morgan fingerprint density at radius 3 is 2.47 bits per heavy atom. The maximum atomic E-state index is 11.7. The van der Waals surface area contributed by atoms with E-state index in [1.165, 1.54) is 0 Å². The molecule has 0 saturated carbocycles. The van der Waals surface area contributed by atoms with Crippen LogP contribution in [0, 0.1) is 11.3 Å². The summed E-state index contributed by atoms with van der Waals surface area (Å²) in [7, 11) is -4.41. The third-order valence-corrected chi connectivity index (χ3v) is 2.88. The van der Waals surface area contributed by atoms with Gasteiger partial charge < -0.3 is 14.5 Å². The van der Waals surface area contributed by atoms with E-state index in [9.17, 15) is 9.36 Å². The molecule has 9 heteroatoms. The van der Waals surface area contributed by atoms with Gasteiger partial charge >= 0.3 is 13.6 Å². The summed E-state index contributed by atoms with van der Waals surface area (Å²) < 4.78 is 15.8. The van der Waals surface area contributed by atoms with Crippen LogP contribution in [0.5, 0.6) is 0 Å². The lowest BCUT2D eigenvalue weighted by atomic mass is 10.3. The predicted octanol–water partition coefficient (Wildman–Crippen LogP) is 0.263. The number of nitriles is 1. The standard InChI is InChI=1S/C10H19N2O6P/c1-3-17-10(13)9(8-19(14,15)16)12(18-4-2)7-5-6-11/h9H,3-5,7-8H2,1-2H3,(H2,14,15,16). The highest BCUT2D eigenvalue weighted by Crippen LogP contribution is 2.36. The molecule has 0 amide bonds. The van der Waals surface area contributed by atoms with Gasteiger partial charge in [-0.2, -0.15) is 10.3 Å². The fraction of sp³-hybridized carbons (Fsp3) is 0.800. The van der Waals surface area contributed by atoms with Gasteiger partial charge in [0.2, 0.25) is 0 Å². The van der Waals surface area contributed by atoms with Crippen molar-refractivity contribution < 1.29 is 28.7 Å². The molecular formula is C10H19N2O6P. The largest absolute Gasteiger partial charge is 0.465 e. The molecule has 8 nitrogen and oxygen atoms in total. The molecule has 0 aromatic heterocycles. The molecule has 0 fully saturated rings. The summed E-state index contributed by atoms with van der Waals surface area (Å²) in [5.74, 6) is -0.780. The second-order valence-corrected chi connectivity index (χ2v) is 5.28. The van der Waals surface area contributed by atoms with Crippen molar-refractivity contribution >= 4 is 13.6 Å². The fourth-order valence-corrected chi connectivity index (χ4v) is 2.17. The van der Waals surface area contributed by atoms with Crippen LogP contribution in [0.4, 0.5) is 0 Å². The first-order valence-electron chi connectivity index (χ1n) is 5.83. The van der Waals surface area contributed by atoms with Crippen molar-refractivity contribution in [1.29, 1.82) is 5.26 Å². The van der Waals surface area contributed by atoms with Gasteiger partial charge in [-0.3, -0.25) is 14.2 Å². The minimum absolute atomic E-state index is 0.0633. The lowest BCUT2D eigenvalue weighted by Gasteiger charge is -2.28. The van der Waals surface area contributed by atoms with E-state index in [1.807, 2.05) is 6.07 Å². The van der Waals surface area contributed by atoms with Gasteiger partial charge in [-0.1, -0.05) is 0 Å². The van der Waals surface area contributed by atoms with Crippen LogP contribution in [-0.4, -0.2) is 52.8 Å². The van der Waals surface area contributed by atoms with E-state index >= 15 is 0 Å². The number of hydrogen-bond acceptors (Lipinski definition) is 6. The molecule has 110 valence electrons. The average molecular weight is 294 g/mol. The lowest BCUT2D eigenvalue weighted by Crippen LogP contribution is -2.45. The zero-order valence-corrected chi connectivity index (χ0v) is 11.9. The molecule has 0 heterocycles. The van der Waals surface area contributed by atoms with E-state index in [2.05, 4.69) is 0 Å². The summed E-state index contributed by atoms with van der Waals surface area (Å²) in [6.07, 6.45) is -0.645. The molecule has 0 bridgehead atoms. The van der Waals surface area contributed by atoms with Crippen LogP contribution < -0.4 is 0 Å². The van der Waals surface area contributed by atoms with Gasteiger partial charge in [-0.25, -0.2) is 0 Å². The Morgan fingerprint density at radius 2 is 2.05 bits per heavy atom. The maximum absolute atomic E-state index is 11.7. The van der Waals surface area contributed by atoms with Crippen LogP contribution >= 0.6 is 7.60 Å². The number of rotatable bonds is 9. The molecule has 1 atom stereocenters. The lowest BCUT2D eigenvalue weighted by molar-refractivity contribution is -0.196. The van der Waals surface area contributed by atoms with Gasteiger partial charge in [0.25, 0.3) is 0 Å². The number of carbonyl (C=O) groups is 1. The second kappa shape index (κ2) is 9.02. The molecule has 0 aliphatic rings. The molecular weight excluding hydrogens is 275 g/mol. The maximum Gasteiger partial charge on any atom is 0.327 e. The zero-order chi connectivity index (χ0) is 14.9. The van der Waals surface area contributed by atoms with Crippen LogP contribution in [0.15, 0.2) is 0 Å². The van der Waals surface area contributed by atoms with Crippen molar-refractivity contribution in [3.63, 3.8) is 0 Å². The van der Waals surface area contributed by atoms with E-state index in [0.717, 1.165) is 5.06 Å². The molecule has 0 spiro atoms. The number of esters is 1. The molecule has 0 aromatic carbocycles. The molecule has 0 radical (unpaired) electrons. The minimum Gasteiger partial charge on any atom is -0.465 e. The van der Waals surface area contributed by atoms with Gasteiger partial charge in [0.1, 0.15) is 6.04 Å². The van der Waals surface area contributed by atoms with Gasteiger partial charge in [0, 0.05) is 6.54 Å². The summed E-state index contributed by atoms with van der Waals surface area (Å²) in [5.41, 5.74) is 0. The van der Waals surface area contributed by atoms with E-state index in [-0.39, 0.29) is 26.2 Å². The third kappa shape index (κ3) is 7.93. The zero-order valence-electron chi connectivity index (χ0n) is 11.0. The molecule has 0 rings (SSSR count). The second-order valence-electron chi connectivity index (χ2n) is 3.58. The van der Waals surface area contributed by atoms with Gasteiger partial charge in [-0.15, -0.1) is 0 Å². The van der Waals surface area contributed by atoms with Crippen LogP contribution in [0.2, 0.25) is 0 Å². The first-order valence-corrected chi connectivity index (χ1v) is 7.63. The molecule has 1 unspecified atom stereocenters. The van der Waals surface area contributed by atoms with Crippen LogP contribution in [0.25, 0.3) is 0 Å². The molecule has 2 N–H and O–H groups in total. The fourth-order valence-electron chi connectivity index (χ4n) is 1.38. The number of hydroxylamine groups is 2. The highest BCUT2D eigenvalue weighted by Gasteiger charge is 2.34. The van der Waals surface area contributed by atoms with Gasteiger partial charge in [-0.05, 0) is 13.8 Å². The quantitative estimate of drug-likeness (QED) is 0.353. The van der Waals surface area contributed by atoms with Gasteiger partial charge in [0.15, 0.2) is 0 Å². The normalized spacial score (nSPS) is 13.1. The van der Waals surface area contributed by atoms with Crippen molar-refractivity contribution in [2.75, 3.05) is 25.9 Å². The monoisotopic (exact) mass is 294 g/mol. The highest BCUT2D eigenvalue weighted by molar-refractivity contribution is 7.51. The average Bonchev–Trinajstić information content (AvgIpc) is 2.31. The Bertz CT molecular complexity index is 364. The number of carbonyl (C=O) groups excluding carboxylic acids is 1. The highest BCUT2D eigenvalue weighted by atomic mass is 31.2. The third-order valence-electron chi connectivity index (χ3n) is 2.06. The van der Waals surface area contributed by atoms with Crippen LogP contribution in [0.1, 0.15) is 20.3 Å². The molecule has 0 aliphatic carbocycles. The Kier molecular flexibility index (Phi) is 8.56. The first-order chi connectivity index (χ1) is 8.85. The van der Waals surface area contributed by atoms with E-state index in [1.54, 1.807) is 13.8 Å². The van der Waals surface area contributed by atoms with E-state index < -0.39 is 25.8 Å². The Labute approximate surface area is 112 Å². The number of nitrogens with zero attached hydrogens (tertiary/aromatic N) is 2. The summed E-state index contributed by atoms with van der Waals surface area (Å²) in [6, 6.07) is 0.650. The van der Waals surface area contributed by atoms with Gasteiger partial charge in [0.05, 0.1) is 31.9 Å². The minimum atomic E-state index is -4.41. The number of ether oxygens (including phenoxy) is 1. The van der Waals surface area contributed by atoms with Crippen molar-refractivity contribution in [2.24, 2.45) is 0 Å². The van der Waals surface area contributed by atoms with Crippen molar-refractivity contribution in [3.05, 3.63) is 0 Å². The van der Waals surface area contributed by atoms with E-state index in [4.69, 9.17) is 24.6 Å². The van der Waals surface area contributed by atoms with Crippen molar-refractivity contribution in [1.82, 2.24) is 5.06 Å². The van der Waals surface area contributed by atoms with E-state index in [0.29, 0.717) is 0 Å². The SMILES string of the molecule is CCOC(=O)C(CP(=O)(O)O)N(CCC#N)OCC. The molecule has 0 aliphatic heterocycles. The Morgan fingerprint density at radius 1 is 1.42 bits per heavy atom. The van der Waals surface area contributed by atoms with Crippen LogP contribution in [0.3, 0.4) is 0 Å². The Hall–Kier alpha value is -0.970. The predicted molar refractivity (Wildman–Crippen MR) is 65.9 cm³/mol. The van der Waals surface area contributed by atoms with Crippen molar-refractivity contribution in [2.45, 2.75) is 26.3 Å². The summed E-state index contributed by atoms with van der Waals surface area (Å²) in [6.45, 7) is 3.62. The Balaban J connectivity index is 4.97. The summed E-state index contributed by atoms with van der Waals surface area (Å²) in [4.78, 5) is 34.9. The molecule has 0 aromatic rings. The molecule has 0 saturated heterocycles. The summed E-state index contributed by atoms with van der Waals surface area (Å²) in [5, 5.41) is 9.64. The van der Waals surface area contributed by atoms with Crippen molar-refractivity contribution in [3.8, 4) is 6.07 Å². The smallest absolute Gasteiger partial charge is 0.327 e. The number of hydrogen-bond donors (Lipinski definition) is 2.